The van der Waals surface area contributed by atoms with Crippen molar-refractivity contribution in [1.82, 2.24) is 0 Å². The molecule has 48 valence electrons. The lowest BCUT2D eigenvalue weighted by Gasteiger charge is -1.84. The van der Waals surface area contributed by atoms with Crippen LogP contribution in [0.5, 0.6) is 0 Å². The van der Waals surface area contributed by atoms with Crippen molar-refractivity contribution in [2.24, 2.45) is 5.73 Å². The van der Waals surface area contributed by atoms with E-state index in [4.69, 9.17) is 11.0 Å². The third kappa shape index (κ3) is 7.05. The van der Waals surface area contributed by atoms with E-state index in [1.807, 2.05) is 0 Å². The van der Waals surface area contributed by atoms with Gasteiger partial charge in [-0.3, -0.25) is 4.79 Å². The van der Waals surface area contributed by atoms with Gasteiger partial charge in [-0.2, -0.15) is 5.26 Å². The summed E-state index contributed by atoms with van der Waals surface area (Å²) in [5.74, 6) is -0.138. The Morgan fingerprint density at radius 1 is 1.89 bits per heavy atom. The second kappa shape index (κ2) is 5.19. The van der Waals surface area contributed by atoms with Crippen LogP contribution in [0.15, 0.2) is 11.5 Å². The van der Waals surface area contributed by atoms with Gasteiger partial charge < -0.3 is 5.73 Å². The first-order valence-corrected chi connectivity index (χ1v) is 3.27. The maximum absolute atomic E-state index is 10.0. The minimum Gasteiger partial charge on any atom is -0.369 e. The SMILES string of the molecule is N#CC=CSCC(N)=O. The largest absolute Gasteiger partial charge is 0.369 e. The van der Waals surface area contributed by atoms with Crippen LogP contribution in [-0.2, 0) is 4.79 Å². The molecular weight excluding hydrogens is 136 g/mol. The zero-order chi connectivity index (χ0) is 7.11. The Balaban J connectivity index is 3.22. The molecule has 0 aromatic carbocycles. The van der Waals surface area contributed by atoms with Gasteiger partial charge in [-0.1, -0.05) is 0 Å². The van der Waals surface area contributed by atoms with E-state index in [0.717, 1.165) is 0 Å². The second-order valence-corrected chi connectivity index (χ2v) is 2.10. The molecule has 9 heavy (non-hydrogen) atoms. The molecule has 0 fully saturated rings. The van der Waals surface area contributed by atoms with Crippen molar-refractivity contribution in [2.75, 3.05) is 5.75 Å². The van der Waals surface area contributed by atoms with Crippen molar-refractivity contribution in [3.8, 4) is 6.07 Å². The van der Waals surface area contributed by atoms with Crippen LogP contribution < -0.4 is 5.73 Å². The number of carbonyl (C=O) groups is 1. The highest BCUT2D eigenvalue weighted by Gasteiger charge is 1.87. The van der Waals surface area contributed by atoms with Crippen LogP contribution in [0.2, 0.25) is 0 Å². The fraction of sp³-hybridized carbons (Fsp3) is 0.200. The molecule has 0 aromatic rings. The highest BCUT2D eigenvalue weighted by Crippen LogP contribution is 1.98. The van der Waals surface area contributed by atoms with Crippen LogP contribution >= 0.6 is 11.8 Å². The number of nitrogens with two attached hydrogens (primary N) is 1. The lowest BCUT2D eigenvalue weighted by molar-refractivity contribution is -0.115. The van der Waals surface area contributed by atoms with Crippen molar-refractivity contribution >= 4 is 17.7 Å². The van der Waals surface area contributed by atoms with E-state index in [0.29, 0.717) is 0 Å². The van der Waals surface area contributed by atoms with Crippen molar-refractivity contribution in [2.45, 2.75) is 0 Å². The predicted molar refractivity (Wildman–Crippen MR) is 36.4 cm³/mol. The molecule has 0 rings (SSSR count). The summed E-state index contributed by atoms with van der Waals surface area (Å²) in [4.78, 5) is 10.0. The zero-order valence-electron chi connectivity index (χ0n) is 4.70. The Morgan fingerprint density at radius 3 is 3.00 bits per heavy atom. The quantitative estimate of drug-likeness (QED) is 0.574. The lowest BCUT2D eigenvalue weighted by atomic mass is 10.7. The van der Waals surface area contributed by atoms with Gasteiger partial charge in [0, 0.05) is 6.08 Å². The van der Waals surface area contributed by atoms with Gasteiger partial charge in [0.1, 0.15) is 0 Å². The number of hydrogen-bond donors (Lipinski definition) is 1. The van der Waals surface area contributed by atoms with Gasteiger partial charge in [0.15, 0.2) is 0 Å². The average molecular weight is 142 g/mol. The molecule has 1 amide bonds. The molecule has 0 saturated heterocycles. The van der Waals surface area contributed by atoms with Crippen molar-refractivity contribution in [3.63, 3.8) is 0 Å². The standard InChI is InChI=1S/C5H6N2OS/c6-2-1-3-9-4-5(7)8/h1,3H,4H2,(H2,7,8). The number of thioether (sulfide) groups is 1. The van der Waals surface area contributed by atoms with Crippen LogP contribution in [0, 0.1) is 11.3 Å². The number of amides is 1. The molecule has 0 aliphatic heterocycles. The van der Waals surface area contributed by atoms with Gasteiger partial charge in [-0.15, -0.1) is 11.8 Å². The zero-order valence-corrected chi connectivity index (χ0v) is 5.52. The third-order valence-electron chi connectivity index (χ3n) is 0.464. The maximum Gasteiger partial charge on any atom is 0.227 e. The van der Waals surface area contributed by atoms with Gasteiger partial charge in [0.05, 0.1) is 11.8 Å². The molecule has 0 aliphatic rings. The minimum atomic E-state index is -0.373. The van der Waals surface area contributed by atoms with E-state index >= 15 is 0 Å². The smallest absolute Gasteiger partial charge is 0.227 e. The van der Waals surface area contributed by atoms with Gasteiger partial charge in [0.25, 0.3) is 0 Å². The molecule has 2 N–H and O–H groups in total. The topological polar surface area (TPSA) is 66.9 Å². The molecule has 0 bridgehead atoms. The monoisotopic (exact) mass is 142 g/mol. The lowest BCUT2D eigenvalue weighted by Crippen LogP contribution is -2.12. The van der Waals surface area contributed by atoms with E-state index < -0.39 is 0 Å². The molecule has 0 aliphatic carbocycles. The highest BCUT2D eigenvalue weighted by molar-refractivity contribution is 8.02. The number of nitrogens with zero attached hydrogens (tertiary/aromatic N) is 1. The molecule has 0 aromatic heterocycles. The minimum absolute atomic E-state index is 0.234. The Morgan fingerprint density at radius 2 is 2.56 bits per heavy atom. The summed E-state index contributed by atoms with van der Waals surface area (Å²) in [5.41, 5.74) is 4.80. The van der Waals surface area contributed by atoms with E-state index in [9.17, 15) is 4.79 Å². The third-order valence-corrected chi connectivity index (χ3v) is 1.24. The molecule has 4 heteroatoms. The fourth-order valence-electron chi connectivity index (χ4n) is 0.209. The molecule has 0 unspecified atom stereocenters. The van der Waals surface area contributed by atoms with E-state index in [1.54, 1.807) is 6.07 Å². The Kier molecular flexibility index (Phi) is 4.64. The van der Waals surface area contributed by atoms with E-state index in [-0.39, 0.29) is 11.7 Å². The predicted octanol–water partition coefficient (Wildman–Crippen LogP) is 0.242. The van der Waals surface area contributed by atoms with Crippen LogP contribution in [0.3, 0.4) is 0 Å². The molecule has 0 spiro atoms. The van der Waals surface area contributed by atoms with Crippen LogP contribution in [0.1, 0.15) is 0 Å². The van der Waals surface area contributed by atoms with Gasteiger partial charge in [0.2, 0.25) is 5.91 Å². The second-order valence-electron chi connectivity index (χ2n) is 1.21. The molecule has 0 saturated carbocycles. The first kappa shape index (κ1) is 8.05. The Bertz CT molecular complexity index is 159. The van der Waals surface area contributed by atoms with Crippen molar-refractivity contribution in [1.29, 1.82) is 5.26 Å². The van der Waals surface area contributed by atoms with Gasteiger partial charge in [-0.25, -0.2) is 0 Å². The van der Waals surface area contributed by atoms with E-state index in [2.05, 4.69) is 0 Å². The first-order chi connectivity index (χ1) is 4.27. The molecule has 0 atom stereocenters. The number of hydrogen-bond acceptors (Lipinski definition) is 3. The van der Waals surface area contributed by atoms with Crippen LogP contribution in [0.4, 0.5) is 0 Å². The molecule has 0 radical (unpaired) electrons. The number of rotatable bonds is 3. The Hall–Kier alpha value is -0.950. The first-order valence-electron chi connectivity index (χ1n) is 2.22. The normalized spacial score (nSPS) is 9.22. The van der Waals surface area contributed by atoms with Crippen molar-refractivity contribution in [3.05, 3.63) is 11.5 Å². The molecule has 0 heterocycles. The van der Waals surface area contributed by atoms with Gasteiger partial charge >= 0.3 is 0 Å². The average Bonchev–Trinajstić information content (AvgIpc) is 1.80. The van der Waals surface area contributed by atoms with Gasteiger partial charge in [-0.05, 0) is 5.41 Å². The van der Waals surface area contributed by atoms with E-state index in [1.165, 1.54) is 23.2 Å². The Labute approximate surface area is 57.5 Å². The summed E-state index contributed by atoms with van der Waals surface area (Å²) in [5, 5.41) is 9.50. The summed E-state index contributed by atoms with van der Waals surface area (Å²) in [6.07, 6.45) is 1.30. The summed E-state index contributed by atoms with van der Waals surface area (Å²) < 4.78 is 0. The fourth-order valence-corrected chi connectivity index (χ4v) is 0.626. The van der Waals surface area contributed by atoms with Crippen LogP contribution in [-0.4, -0.2) is 11.7 Å². The number of nitriles is 1. The molecule has 3 nitrogen and oxygen atoms in total. The van der Waals surface area contributed by atoms with Crippen molar-refractivity contribution < 1.29 is 4.79 Å². The summed E-state index contributed by atoms with van der Waals surface area (Å²) >= 11 is 1.21. The highest BCUT2D eigenvalue weighted by atomic mass is 32.2. The number of allylic oxidation sites excluding steroid dienone is 1. The number of primary amides is 1. The molecular formula is C5H6N2OS. The summed E-state index contributed by atoms with van der Waals surface area (Å²) in [6.45, 7) is 0. The number of carbonyl (C=O) groups excluding carboxylic acids is 1. The summed E-state index contributed by atoms with van der Waals surface area (Å²) in [6, 6.07) is 1.79. The summed E-state index contributed by atoms with van der Waals surface area (Å²) in [7, 11) is 0. The maximum atomic E-state index is 10.0. The van der Waals surface area contributed by atoms with Crippen LogP contribution in [0.25, 0.3) is 0 Å².